The number of hydrogen-bond acceptors (Lipinski definition) is 5. The van der Waals surface area contributed by atoms with Gasteiger partial charge in [0.15, 0.2) is 0 Å². The molecule has 1 atom stereocenters. The van der Waals surface area contributed by atoms with Crippen molar-refractivity contribution in [2.75, 3.05) is 13.7 Å². The fourth-order valence-corrected chi connectivity index (χ4v) is 3.51. The maximum absolute atomic E-state index is 13.4. The first-order chi connectivity index (χ1) is 14.3. The highest BCUT2D eigenvalue weighted by molar-refractivity contribution is 6.03. The Labute approximate surface area is 175 Å². The molecule has 2 aromatic rings. The number of aliphatic carboxylic acids is 1. The minimum Gasteiger partial charge on any atom is -0.548 e. The van der Waals surface area contributed by atoms with Gasteiger partial charge in [-0.15, -0.1) is 0 Å². The fourth-order valence-electron chi connectivity index (χ4n) is 3.51. The van der Waals surface area contributed by atoms with E-state index in [9.17, 15) is 19.5 Å². The molecular weight excluding hydrogens is 384 g/mol. The molecule has 0 aromatic heterocycles. The lowest BCUT2D eigenvalue weighted by Crippen LogP contribution is -2.56. The smallest absolute Gasteiger partial charge is 0.258 e. The predicted molar refractivity (Wildman–Crippen MR) is 109 cm³/mol. The molecule has 1 aliphatic rings. The van der Waals surface area contributed by atoms with Crippen LogP contribution in [0, 0.1) is 5.92 Å². The van der Waals surface area contributed by atoms with E-state index in [-0.39, 0.29) is 11.8 Å². The SMILES string of the molecule is COc1cccc(C2=CN(C(=O)c3ccccc3)C(C(C)C)C(=O)N2CC(=O)[O-])c1. The first-order valence-electron chi connectivity index (χ1n) is 9.58. The molecule has 0 N–H and O–H groups in total. The number of carbonyl (C=O) groups is 3. The van der Waals surface area contributed by atoms with E-state index in [0.717, 1.165) is 4.90 Å². The van der Waals surface area contributed by atoms with E-state index >= 15 is 0 Å². The second kappa shape index (κ2) is 8.82. The van der Waals surface area contributed by atoms with Crippen molar-refractivity contribution in [3.63, 3.8) is 0 Å². The summed E-state index contributed by atoms with van der Waals surface area (Å²) in [6.07, 6.45) is 1.54. The Morgan fingerprint density at radius 1 is 1.10 bits per heavy atom. The van der Waals surface area contributed by atoms with Crippen LogP contribution in [0.2, 0.25) is 0 Å². The number of rotatable bonds is 6. The van der Waals surface area contributed by atoms with Crippen LogP contribution < -0.4 is 9.84 Å². The van der Waals surface area contributed by atoms with Crippen LogP contribution in [0.3, 0.4) is 0 Å². The van der Waals surface area contributed by atoms with Gasteiger partial charge in [0, 0.05) is 17.3 Å². The van der Waals surface area contributed by atoms with Gasteiger partial charge in [0.2, 0.25) is 0 Å². The van der Waals surface area contributed by atoms with Crippen LogP contribution in [0.25, 0.3) is 5.70 Å². The monoisotopic (exact) mass is 407 g/mol. The molecule has 3 rings (SSSR count). The van der Waals surface area contributed by atoms with Gasteiger partial charge in [-0.3, -0.25) is 9.59 Å². The first kappa shape index (κ1) is 21.1. The molecular formula is C23H23N2O5-. The number of carboxylic acid groups (broad SMARTS) is 1. The van der Waals surface area contributed by atoms with Gasteiger partial charge >= 0.3 is 0 Å². The number of ether oxygens (including phenoxy) is 1. The fraction of sp³-hybridized carbons (Fsp3) is 0.261. The number of carbonyl (C=O) groups excluding carboxylic acids is 3. The molecule has 7 nitrogen and oxygen atoms in total. The molecule has 1 aliphatic heterocycles. The molecule has 2 amide bonds. The van der Waals surface area contributed by atoms with Crippen molar-refractivity contribution in [3.8, 4) is 5.75 Å². The number of amides is 2. The molecule has 0 fully saturated rings. The van der Waals surface area contributed by atoms with Crippen molar-refractivity contribution in [2.45, 2.75) is 19.9 Å². The van der Waals surface area contributed by atoms with Gasteiger partial charge in [-0.25, -0.2) is 0 Å². The molecule has 0 saturated heterocycles. The normalized spacial score (nSPS) is 16.5. The number of carboxylic acids is 1. The number of nitrogens with zero attached hydrogens (tertiary/aromatic N) is 2. The summed E-state index contributed by atoms with van der Waals surface area (Å²) in [7, 11) is 1.51. The molecule has 0 aliphatic carbocycles. The lowest BCUT2D eigenvalue weighted by atomic mass is 9.96. The van der Waals surface area contributed by atoms with Crippen LogP contribution in [0.4, 0.5) is 0 Å². The molecule has 7 heteroatoms. The average Bonchev–Trinajstić information content (AvgIpc) is 2.74. The Kier molecular flexibility index (Phi) is 6.20. The van der Waals surface area contributed by atoms with E-state index in [2.05, 4.69) is 0 Å². The van der Waals surface area contributed by atoms with Gasteiger partial charge in [0.05, 0.1) is 25.3 Å². The molecule has 2 aromatic carbocycles. The van der Waals surface area contributed by atoms with E-state index in [4.69, 9.17) is 4.74 Å². The van der Waals surface area contributed by atoms with Crippen molar-refractivity contribution >= 4 is 23.5 Å². The second-order valence-electron chi connectivity index (χ2n) is 7.31. The van der Waals surface area contributed by atoms with Crippen LogP contribution in [0.15, 0.2) is 60.8 Å². The van der Waals surface area contributed by atoms with Gasteiger partial charge in [-0.05, 0) is 30.2 Å². The summed E-state index contributed by atoms with van der Waals surface area (Å²) in [5, 5.41) is 11.4. The van der Waals surface area contributed by atoms with Crippen LogP contribution >= 0.6 is 0 Å². The van der Waals surface area contributed by atoms with Gasteiger partial charge in [-0.1, -0.05) is 44.2 Å². The van der Waals surface area contributed by atoms with Crippen molar-refractivity contribution in [3.05, 3.63) is 71.9 Å². The van der Waals surface area contributed by atoms with E-state index in [1.807, 2.05) is 13.8 Å². The summed E-state index contributed by atoms with van der Waals surface area (Å²) < 4.78 is 5.25. The lowest BCUT2D eigenvalue weighted by Gasteiger charge is -2.41. The zero-order valence-corrected chi connectivity index (χ0v) is 17.1. The van der Waals surface area contributed by atoms with Gasteiger partial charge < -0.3 is 24.4 Å². The molecule has 0 saturated carbocycles. The lowest BCUT2D eigenvalue weighted by molar-refractivity contribution is -0.305. The van der Waals surface area contributed by atoms with Crippen LogP contribution in [0.1, 0.15) is 29.8 Å². The summed E-state index contributed by atoms with van der Waals surface area (Å²) in [5.41, 5.74) is 1.28. The molecule has 0 radical (unpaired) electrons. The number of benzene rings is 2. The van der Waals surface area contributed by atoms with Gasteiger partial charge in [0.1, 0.15) is 11.8 Å². The topological polar surface area (TPSA) is 90.0 Å². The molecule has 1 unspecified atom stereocenters. The quantitative estimate of drug-likeness (QED) is 0.728. The maximum atomic E-state index is 13.4. The van der Waals surface area contributed by atoms with E-state index in [1.54, 1.807) is 60.8 Å². The number of hydrogen-bond donors (Lipinski definition) is 0. The third-order valence-electron chi connectivity index (χ3n) is 4.91. The predicted octanol–water partition coefficient (Wildman–Crippen LogP) is 1.75. The highest BCUT2D eigenvalue weighted by Crippen LogP contribution is 2.32. The molecule has 156 valence electrons. The van der Waals surface area contributed by atoms with Crippen molar-refractivity contribution in [1.82, 2.24) is 9.80 Å². The summed E-state index contributed by atoms with van der Waals surface area (Å²) in [6.45, 7) is 3.02. The minimum absolute atomic E-state index is 0.238. The third-order valence-corrected chi connectivity index (χ3v) is 4.91. The Morgan fingerprint density at radius 2 is 1.80 bits per heavy atom. The van der Waals surface area contributed by atoms with Crippen molar-refractivity contribution in [2.24, 2.45) is 5.92 Å². The van der Waals surface area contributed by atoms with Crippen LogP contribution in [-0.2, 0) is 9.59 Å². The van der Waals surface area contributed by atoms with E-state index in [0.29, 0.717) is 22.6 Å². The molecule has 1 heterocycles. The summed E-state index contributed by atoms with van der Waals surface area (Å²) in [6, 6.07) is 14.7. The summed E-state index contributed by atoms with van der Waals surface area (Å²) >= 11 is 0. The largest absolute Gasteiger partial charge is 0.548 e. The standard InChI is InChI=1S/C23H24N2O5/c1-15(2)21-23(29)24(14-20(26)27)19(17-10-7-11-18(12-17)30-3)13-25(21)22(28)16-8-5-4-6-9-16/h4-13,15,21H,14H2,1-3H3,(H,26,27)/p-1. The highest BCUT2D eigenvalue weighted by Gasteiger charge is 2.40. The van der Waals surface area contributed by atoms with Crippen LogP contribution in [-0.4, -0.2) is 47.3 Å². The second-order valence-corrected chi connectivity index (χ2v) is 7.31. The zero-order valence-electron chi connectivity index (χ0n) is 17.1. The van der Waals surface area contributed by atoms with Gasteiger partial charge in [0.25, 0.3) is 11.8 Å². The number of methoxy groups -OCH3 is 1. The summed E-state index contributed by atoms with van der Waals surface area (Å²) in [5.74, 6) is -1.89. The zero-order chi connectivity index (χ0) is 21.8. The highest BCUT2D eigenvalue weighted by atomic mass is 16.5. The molecule has 30 heavy (non-hydrogen) atoms. The average molecular weight is 407 g/mol. The van der Waals surface area contributed by atoms with E-state index < -0.39 is 24.5 Å². The molecule has 0 bridgehead atoms. The van der Waals surface area contributed by atoms with Gasteiger partial charge in [-0.2, -0.15) is 0 Å². The van der Waals surface area contributed by atoms with E-state index in [1.165, 1.54) is 12.0 Å². The first-order valence-corrected chi connectivity index (χ1v) is 9.58. The third kappa shape index (κ3) is 4.20. The minimum atomic E-state index is -1.39. The Bertz CT molecular complexity index is 984. The Morgan fingerprint density at radius 3 is 2.40 bits per heavy atom. The van der Waals surface area contributed by atoms with Crippen molar-refractivity contribution < 1.29 is 24.2 Å². The van der Waals surface area contributed by atoms with Crippen LogP contribution in [0.5, 0.6) is 5.75 Å². The Hall–Kier alpha value is -3.61. The molecule has 0 spiro atoms. The summed E-state index contributed by atoms with van der Waals surface area (Å²) in [4.78, 5) is 40.5. The van der Waals surface area contributed by atoms with Crippen molar-refractivity contribution in [1.29, 1.82) is 0 Å². The Balaban J connectivity index is 2.16. The maximum Gasteiger partial charge on any atom is 0.258 e.